The number of amides is 3. The molecule has 4 rings (SSSR count). The molecule has 0 fully saturated rings. The lowest BCUT2D eigenvalue weighted by Crippen LogP contribution is -2.28. The fourth-order valence-electron chi connectivity index (χ4n) is 3.57. The van der Waals surface area contributed by atoms with Crippen LogP contribution in [-0.4, -0.2) is 30.2 Å². The van der Waals surface area contributed by atoms with Crippen LogP contribution in [0.3, 0.4) is 0 Å². The number of hydrogen-bond donors (Lipinski definition) is 3. The Balaban J connectivity index is 1.72. The molecule has 1 aliphatic rings. The third-order valence-corrected chi connectivity index (χ3v) is 5.78. The number of urea groups is 1. The van der Waals surface area contributed by atoms with Crippen molar-refractivity contribution in [3.8, 4) is 0 Å². The van der Waals surface area contributed by atoms with E-state index in [0.717, 1.165) is 31.7 Å². The minimum atomic E-state index is -0.550. The van der Waals surface area contributed by atoms with Gasteiger partial charge in [0.15, 0.2) is 0 Å². The number of anilines is 2. The molecule has 0 radical (unpaired) electrons. The summed E-state index contributed by atoms with van der Waals surface area (Å²) >= 11 is 2.26. The van der Waals surface area contributed by atoms with Crippen molar-refractivity contribution in [1.82, 2.24) is 5.32 Å². The largest absolute Gasteiger partial charge is 0.338 e. The van der Waals surface area contributed by atoms with Gasteiger partial charge in [0.05, 0.1) is 11.4 Å². The first-order valence-electron chi connectivity index (χ1n) is 10.4. The zero-order valence-electron chi connectivity index (χ0n) is 17.6. The van der Waals surface area contributed by atoms with Gasteiger partial charge in [-0.25, -0.2) is 4.79 Å². The minimum absolute atomic E-state index is 0.124. The molecule has 3 N–H and O–H groups in total. The molecule has 0 saturated heterocycles. The lowest BCUT2D eigenvalue weighted by Gasteiger charge is -2.12. The van der Waals surface area contributed by atoms with E-state index in [1.165, 1.54) is 0 Å². The summed E-state index contributed by atoms with van der Waals surface area (Å²) in [6, 6.07) is 22.5. The third-order valence-electron chi connectivity index (χ3n) is 5.11. The Kier molecular flexibility index (Phi) is 6.84. The fraction of sp³-hybridized carbons (Fsp3) is 0.160. The van der Waals surface area contributed by atoms with Crippen LogP contribution in [0.1, 0.15) is 23.6 Å². The van der Waals surface area contributed by atoms with Gasteiger partial charge in [-0.1, -0.05) is 42.5 Å². The van der Waals surface area contributed by atoms with E-state index in [1.807, 2.05) is 79.7 Å². The maximum absolute atomic E-state index is 13.0. The van der Waals surface area contributed by atoms with Gasteiger partial charge in [0, 0.05) is 33.4 Å². The first-order valence-corrected chi connectivity index (χ1v) is 11.5. The Morgan fingerprint density at radius 3 is 2.53 bits per heavy atom. The number of carbonyl (C=O) groups excluding carboxylic acids is 2. The fourth-order valence-corrected chi connectivity index (χ4v) is 4.07. The number of aliphatic imine (C=N–C) groups is 1. The van der Waals surface area contributed by atoms with E-state index >= 15 is 0 Å². The van der Waals surface area contributed by atoms with Gasteiger partial charge < -0.3 is 16.0 Å². The second-order valence-electron chi connectivity index (χ2n) is 7.42. The standard InChI is InChI=1S/C25H23IN4O2/c1-2-27-25(32)28-19-11-8-17(9-12-19)23-20-15-18(26)10-13-21(20)30-24(31)22(29-23)14-16-6-4-3-5-7-16/h3-13,15,22H,2,14H2,1H3,(H,30,31)(H2,27,28,32). The number of fused-ring (bicyclic) bond motifs is 1. The SMILES string of the molecule is CCNC(=O)Nc1ccc(C2=NC(Cc3ccccc3)C(=O)Nc3ccc(I)cc32)cc1. The van der Waals surface area contributed by atoms with Gasteiger partial charge in [-0.05, 0) is 65.4 Å². The summed E-state index contributed by atoms with van der Waals surface area (Å²) in [5, 5.41) is 8.57. The predicted octanol–water partition coefficient (Wildman–Crippen LogP) is 4.83. The molecule has 7 heteroatoms. The van der Waals surface area contributed by atoms with Gasteiger partial charge in [-0.2, -0.15) is 0 Å². The smallest absolute Gasteiger partial charge is 0.319 e. The molecule has 0 aromatic heterocycles. The van der Waals surface area contributed by atoms with E-state index in [9.17, 15) is 9.59 Å². The molecule has 6 nitrogen and oxygen atoms in total. The molecule has 162 valence electrons. The number of hydrogen-bond acceptors (Lipinski definition) is 3. The van der Waals surface area contributed by atoms with E-state index in [1.54, 1.807) is 0 Å². The number of nitrogens with zero attached hydrogens (tertiary/aromatic N) is 1. The van der Waals surface area contributed by atoms with E-state index in [0.29, 0.717) is 18.7 Å². The van der Waals surface area contributed by atoms with Crippen LogP contribution in [-0.2, 0) is 11.2 Å². The summed E-state index contributed by atoms with van der Waals surface area (Å²) in [4.78, 5) is 29.7. The number of benzene rings is 3. The van der Waals surface area contributed by atoms with Gasteiger partial charge in [0.2, 0.25) is 5.91 Å². The first kappa shape index (κ1) is 22.0. The summed E-state index contributed by atoms with van der Waals surface area (Å²) in [7, 11) is 0. The Labute approximate surface area is 200 Å². The van der Waals surface area contributed by atoms with Crippen molar-refractivity contribution in [2.75, 3.05) is 17.2 Å². The lowest BCUT2D eigenvalue weighted by molar-refractivity contribution is -0.117. The number of rotatable bonds is 5. The Morgan fingerprint density at radius 1 is 1.06 bits per heavy atom. The number of carbonyl (C=O) groups is 2. The Morgan fingerprint density at radius 2 is 1.81 bits per heavy atom. The second-order valence-corrected chi connectivity index (χ2v) is 8.67. The minimum Gasteiger partial charge on any atom is -0.338 e. The third kappa shape index (κ3) is 5.16. The van der Waals surface area contributed by atoms with Crippen LogP contribution in [0.5, 0.6) is 0 Å². The van der Waals surface area contributed by atoms with Gasteiger partial charge in [0.1, 0.15) is 6.04 Å². The van der Waals surface area contributed by atoms with Crippen molar-refractivity contribution in [3.05, 3.63) is 93.1 Å². The van der Waals surface area contributed by atoms with Gasteiger partial charge in [-0.15, -0.1) is 0 Å². The predicted molar refractivity (Wildman–Crippen MR) is 136 cm³/mol. The molecule has 3 aromatic carbocycles. The van der Waals surface area contributed by atoms with Crippen molar-refractivity contribution in [3.63, 3.8) is 0 Å². The van der Waals surface area contributed by atoms with E-state index in [4.69, 9.17) is 4.99 Å². The van der Waals surface area contributed by atoms with Crippen molar-refractivity contribution in [2.24, 2.45) is 4.99 Å². The monoisotopic (exact) mass is 538 g/mol. The Hall–Kier alpha value is -3.20. The average Bonchev–Trinajstić information content (AvgIpc) is 2.92. The molecule has 3 aromatic rings. The summed E-state index contributed by atoms with van der Waals surface area (Å²) in [6.45, 7) is 2.42. The number of benzodiazepines with no additional fused rings is 1. The highest BCUT2D eigenvalue weighted by Crippen LogP contribution is 2.27. The summed E-state index contributed by atoms with van der Waals surface area (Å²) in [6.07, 6.45) is 0.512. The number of nitrogens with one attached hydrogen (secondary N) is 3. The second kappa shape index (κ2) is 9.95. The van der Waals surface area contributed by atoms with Crippen LogP contribution in [0.15, 0.2) is 77.8 Å². The van der Waals surface area contributed by atoms with E-state index in [2.05, 4.69) is 38.5 Å². The molecule has 0 aliphatic carbocycles. The van der Waals surface area contributed by atoms with Gasteiger partial charge in [-0.3, -0.25) is 9.79 Å². The average molecular weight is 538 g/mol. The maximum Gasteiger partial charge on any atom is 0.319 e. The highest BCUT2D eigenvalue weighted by atomic mass is 127. The molecular weight excluding hydrogens is 515 g/mol. The molecule has 0 spiro atoms. The van der Waals surface area contributed by atoms with Gasteiger partial charge >= 0.3 is 6.03 Å². The zero-order valence-corrected chi connectivity index (χ0v) is 19.7. The van der Waals surface area contributed by atoms with Crippen molar-refractivity contribution >= 4 is 51.6 Å². The molecule has 1 aliphatic heterocycles. The molecule has 1 atom stereocenters. The first-order chi connectivity index (χ1) is 15.5. The van der Waals surface area contributed by atoms with Crippen LogP contribution in [0.25, 0.3) is 0 Å². The van der Waals surface area contributed by atoms with Crippen molar-refractivity contribution < 1.29 is 9.59 Å². The van der Waals surface area contributed by atoms with E-state index < -0.39 is 6.04 Å². The highest BCUT2D eigenvalue weighted by molar-refractivity contribution is 14.1. The lowest BCUT2D eigenvalue weighted by atomic mass is 10.00. The van der Waals surface area contributed by atoms with Gasteiger partial charge in [0.25, 0.3) is 0 Å². The molecule has 1 heterocycles. The van der Waals surface area contributed by atoms with Crippen LogP contribution in [0.2, 0.25) is 0 Å². The zero-order chi connectivity index (χ0) is 22.5. The topological polar surface area (TPSA) is 82.6 Å². The van der Waals surface area contributed by atoms with Crippen molar-refractivity contribution in [1.29, 1.82) is 0 Å². The summed E-state index contributed by atoms with van der Waals surface area (Å²) in [5.74, 6) is -0.124. The van der Waals surface area contributed by atoms with E-state index in [-0.39, 0.29) is 11.9 Å². The summed E-state index contributed by atoms with van der Waals surface area (Å²) < 4.78 is 1.05. The van der Waals surface area contributed by atoms with Crippen LogP contribution in [0.4, 0.5) is 16.2 Å². The van der Waals surface area contributed by atoms with Crippen LogP contribution >= 0.6 is 22.6 Å². The quantitative estimate of drug-likeness (QED) is 0.407. The number of halogens is 1. The normalized spacial score (nSPS) is 15.1. The molecule has 0 bridgehead atoms. The van der Waals surface area contributed by atoms with Crippen LogP contribution in [0, 0.1) is 3.57 Å². The maximum atomic E-state index is 13.0. The van der Waals surface area contributed by atoms with Crippen LogP contribution < -0.4 is 16.0 Å². The molecule has 32 heavy (non-hydrogen) atoms. The summed E-state index contributed by atoms with van der Waals surface area (Å²) in [5.41, 5.74) is 5.00. The Bertz CT molecular complexity index is 1160. The molecule has 1 unspecified atom stereocenters. The molecule has 3 amide bonds. The highest BCUT2D eigenvalue weighted by Gasteiger charge is 2.26. The molecular formula is C25H23IN4O2. The molecule has 0 saturated carbocycles. The van der Waals surface area contributed by atoms with Crippen molar-refractivity contribution in [2.45, 2.75) is 19.4 Å².